The van der Waals surface area contributed by atoms with Crippen molar-refractivity contribution < 1.29 is 14.6 Å². The zero-order chi connectivity index (χ0) is 18.6. The first-order chi connectivity index (χ1) is 12.7. The van der Waals surface area contributed by atoms with Crippen LogP contribution in [0.15, 0.2) is 23.2 Å². The number of methoxy groups -OCH3 is 1. The number of phenolic OH excluding ortho intramolecular Hbond substituents is 1. The van der Waals surface area contributed by atoms with Gasteiger partial charge in [-0.15, -0.1) is 24.0 Å². The van der Waals surface area contributed by atoms with E-state index in [4.69, 9.17) is 9.47 Å². The van der Waals surface area contributed by atoms with Crippen molar-refractivity contribution in [2.24, 2.45) is 4.99 Å². The molecule has 0 bridgehead atoms. The third kappa shape index (κ3) is 9.01. The molecule has 1 aliphatic carbocycles. The van der Waals surface area contributed by atoms with Crippen molar-refractivity contribution in [1.82, 2.24) is 10.6 Å². The molecule has 0 aliphatic heterocycles. The summed E-state index contributed by atoms with van der Waals surface area (Å²) in [6.07, 6.45) is 8.56. The zero-order valence-electron chi connectivity index (χ0n) is 16.5. The van der Waals surface area contributed by atoms with Gasteiger partial charge in [0.2, 0.25) is 0 Å². The van der Waals surface area contributed by atoms with E-state index >= 15 is 0 Å². The fourth-order valence-corrected chi connectivity index (χ4v) is 3.18. The van der Waals surface area contributed by atoms with E-state index in [2.05, 4.69) is 15.6 Å². The first kappa shape index (κ1) is 23.8. The zero-order valence-corrected chi connectivity index (χ0v) is 18.8. The van der Waals surface area contributed by atoms with Crippen LogP contribution in [0.25, 0.3) is 0 Å². The topological polar surface area (TPSA) is 75.1 Å². The molecule has 7 heteroatoms. The lowest BCUT2D eigenvalue weighted by Gasteiger charge is -2.22. The summed E-state index contributed by atoms with van der Waals surface area (Å²) in [6, 6.07) is 5.37. The number of aromatic hydroxyl groups is 1. The molecule has 2 rings (SSSR count). The maximum Gasteiger partial charge on any atom is 0.190 e. The van der Waals surface area contributed by atoms with Gasteiger partial charge in [0.15, 0.2) is 5.96 Å². The van der Waals surface area contributed by atoms with Crippen molar-refractivity contribution in [1.29, 1.82) is 0 Å². The van der Waals surface area contributed by atoms with Gasteiger partial charge in [0.05, 0.1) is 13.2 Å². The van der Waals surface area contributed by atoms with Gasteiger partial charge in [-0.05, 0) is 37.3 Å². The average molecular weight is 491 g/mol. The molecule has 0 saturated heterocycles. The van der Waals surface area contributed by atoms with E-state index in [1.54, 1.807) is 20.2 Å². The summed E-state index contributed by atoms with van der Waals surface area (Å²) < 4.78 is 11.0. The summed E-state index contributed by atoms with van der Waals surface area (Å²) in [5, 5.41) is 16.6. The standard InChI is InChI=1S/C20H33N3O3.HI/c1-21-20(22-12-6-14-26-17-7-4-3-5-8-17)23-13-11-16-9-10-18(25-2)15-19(16)24;/h9-10,15,17,24H,3-8,11-14H2,1-2H3,(H2,21,22,23);1H. The van der Waals surface area contributed by atoms with Gasteiger partial charge in [0.1, 0.15) is 11.5 Å². The number of benzene rings is 1. The molecular weight excluding hydrogens is 457 g/mol. The second kappa shape index (κ2) is 13.9. The van der Waals surface area contributed by atoms with Crippen molar-refractivity contribution in [3.8, 4) is 11.5 Å². The van der Waals surface area contributed by atoms with Crippen molar-refractivity contribution in [2.75, 3.05) is 33.9 Å². The second-order valence-corrected chi connectivity index (χ2v) is 6.65. The predicted molar refractivity (Wildman–Crippen MR) is 121 cm³/mol. The number of rotatable bonds is 9. The average Bonchev–Trinajstić information content (AvgIpc) is 2.68. The normalized spacial score (nSPS) is 15.1. The molecule has 1 saturated carbocycles. The van der Waals surface area contributed by atoms with Gasteiger partial charge in [-0.3, -0.25) is 4.99 Å². The van der Waals surface area contributed by atoms with Crippen molar-refractivity contribution in [3.63, 3.8) is 0 Å². The summed E-state index contributed by atoms with van der Waals surface area (Å²) in [5.74, 6) is 1.69. The first-order valence-electron chi connectivity index (χ1n) is 9.65. The summed E-state index contributed by atoms with van der Waals surface area (Å²) in [7, 11) is 3.35. The lowest BCUT2D eigenvalue weighted by molar-refractivity contribution is 0.0277. The number of hydrogen-bond donors (Lipinski definition) is 3. The van der Waals surface area contributed by atoms with Crippen LogP contribution in [0.1, 0.15) is 44.1 Å². The van der Waals surface area contributed by atoms with Gasteiger partial charge in [0.25, 0.3) is 0 Å². The van der Waals surface area contributed by atoms with E-state index in [0.29, 0.717) is 24.8 Å². The van der Waals surface area contributed by atoms with Gasteiger partial charge in [-0.2, -0.15) is 0 Å². The van der Waals surface area contributed by atoms with Crippen LogP contribution in [0, 0.1) is 0 Å². The maximum atomic E-state index is 9.99. The van der Waals surface area contributed by atoms with E-state index in [-0.39, 0.29) is 29.7 Å². The summed E-state index contributed by atoms with van der Waals surface area (Å²) in [5.41, 5.74) is 0.884. The third-order valence-corrected chi connectivity index (χ3v) is 4.72. The maximum absolute atomic E-state index is 9.99. The molecule has 1 aromatic carbocycles. The molecule has 0 unspecified atom stereocenters. The van der Waals surface area contributed by atoms with Crippen LogP contribution in [0.4, 0.5) is 0 Å². The Morgan fingerprint density at radius 3 is 2.59 bits per heavy atom. The van der Waals surface area contributed by atoms with E-state index in [1.807, 2.05) is 12.1 Å². The molecule has 1 aromatic rings. The van der Waals surface area contributed by atoms with Crippen LogP contribution in [-0.2, 0) is 11.2 Å². The lowest BCUT2D eigenvalue weighted by Crippen LogP contribution is -2.39. The number of aliphatic imine (C=N–C) groups is 1. The van der Waals surface area contributed by atoms with E-state index < -0.39 is 0 Å². The van der Waals surface area contributed by atoms with Crippen LogP contribution < -0.4 is 15.4 Å². The Hall–Kier alpha value is -1.22. The molecule has 0 radical (unpaired) electrons. The number of ether oxygens (including phenoxy) is 2. The molecule has 1 fully saturated rings. The van der Waals surface area contributed by atoms with Gasteiger partial charge < -0.3 is 25.2 Å². The van der Waals surface area contributed by atoms with Gasteiger partial charge >= 0.3 is 0 Å². The fourth-order valence-electron chi connectivity index (χ4n) is 3.18. The Kier molecular flexibility index (Phi) is 12.2. The summed E-state index contributed by atoms with van der Waals surface area (Å²) in [4.78, 5) is 4.23. The predicted octanol–water partition coefficient (Wildman–Crippen LogP) is 3.47. The fraction of sp³-hybridized carbons (Fsp3) is 0.650. The van der Waals surface area contributed by atoms with Crippen LogP contribution in [-0.4, -0.2) is 51.0 Å². The van der Waals surface area contributed by atoms with E-state index in [0.717, 1.165) is 31.1 Å². The van der Waals surface area contributed by atoms with Crippen molar-refractivity contribution >= 4 is 29.9 Å². The minimum Gasteiger partial charge on any atom is -0.508 e. The number of nitrogens with one attached hydrogen (secondary N) is 2. The van der Waals surface area contributed by atoms with Gasteiger partial charge in [-0.1, -0.05) is 25.3 Å². The summed E-state index contributed by atoms with van der Waals surface area (Å²) >= 11 is 0. The molecule has 0 atom stereocenters. The quantitative estimate of drug-likeness (QED) is 0.214. The lowest BCUT2D eigenvalue weighted by atomic mass is 9.98. The molecule has 0 heterocycles. The Labute approximate surface area is 180 Å². The molecule has 3 N–H and O–H groups in total. The second-order valence-electron chi connectivity index (χ2n) is 6.65. The Morgan fingerprint density at radius 2 is 1.93 bits per heavy atom. The minimum absolute atomic E-state index is 0. The van der Waals surface area contributed by atoms with Crippen molar-refractivity contribution in [3.05, 3.63) is 23.8 Å². The highest BCUT2D eigenvalue weighted by Crippen LogP contribution is 2.23. The third-order valence-electron chi connectivity index (χ3n) is 4.72. The first-order valence-corrected chi connectivity index (χ1v) is 9.65. The molecular formula is C20H34IN3O3. The van der Waals surface area contributed by atoms with E-state index in [9.17, 15) is 5.11 Å². The van der Waals surface area contributed by atoms with E-state index in [1.165, 1.54) is 32.1 Å². The van der Waals surface area contributed by atoms with Crippen LogP contribution in [0.3, 0.4) is 0 Å². The van der Waals surface area contributed by atoms with Crippen LogP contribution >= 0.6 is 24.0 Å². The molecule has 154 valence electrons. The Bertz CT molecular complexity index is 563. The SMILES string of the molecule is CN=C(NCCCOC1CCCCC1)NCCc1ccc(OC)cc1O.I. The number of hydrogen-bond acceptors (Lipinski definition) is 4. The van der Waals surface area contributed by atoms with Gasteiger partial charge in [0, 0.05) is 32.8 Å². The Morgan fingerprint density at radius 1 is 1.19 bits per heavy atom. The van der Waals surface area contributed by atoms with Gasteiger partial charge in [-0.25, -0.2) is 0 Å². The van der Waals surface area contributed by atoms with Crippen LogP contribution in [0.2, 0.25) is 0 Å². The monoisotopic (exact) mass is 491 g/mol. The highest BCUT2D eigenvalue weighted by atomic mass is 127. The minimum atomic E-state index is 0. The molecule has 0 aromatic heterocycles. The largest absolute Gasteiger partial charge is 0.508 e. The van der Waals surface area contributed by atoms with Crippen LogP contribution in [0.5, 0.6) is 11.5 Å². The smallest absolute Gasteiger partial charge is 0.190 e. The Balaban J connectivity index is 0.00000364. The summed E-state index contributed by atoms with van der Waals surface area (Å²) in [6.45, 7) is 2.33. The molecule has 27 heavy (non-hydrogen) atoms. The molecule has 0 spiro atoms. The highest BCUT2D eigenvalue weighted by Gasteiger charge is 2.13. The molecule has 6 nitrogen and oxygen atoms in total. The number of guanidine groups is 1. The number of halogens is 1. The van der Waals surface area contributed by atoms with Crippen molar-refractivity contribution in [2.45, 2.75) is 51.0 Å². The molecule has 1 aliphatic rings. The number of phenols is 1. The number of nitrogens with zero attached hydrogens (tertiary/aromatic N) is 1. The highest BCUT2D eigenvalue weighted by molar-refractivity contribution is 14.0. The molecule has 0 amide bonds.